The van der Waals surface area contributed by atoms with Crippen LogP contribution in [0.1, 0.15) is 65.8 Å². The molecule has 1 aromatic carbocycles. The van der Waals surface area contributed by atoms with E-state index in [0.717, 1.165) is 46.0 Å². The number of benzene rings is 1. The molecule has 4 saturated carbocycles. The highest BCUT2D eigenvalue weighted by Crippen LogP contribution is 2.60. The molecule has 0 radical (unpaired) electrons. The van der Waals surface area contributed by atoms with E-state index in [4.69, 9.17) is 5.10 Å². The third-order valence-corrected chi connectivity index (χ3v) is 8.30. The standard InChI is InChI=1S/C26H31N5O/c1-17-21(15-28-30(17)2)14-27-25(32)23-16-31(22-6-4-3-5-7-22)29-24(23)26-11-18-8-19(12-26)10-20(9-18)13-26/h3-7,15-16,18-20H,8-14H2,1-2H3,(H,27,32). The maximum Gasteiger partial charge on any atom is 0.255 e. The summed E-state index contributed by atoms with van der Waals surface area (Å²) in [5, 5.41) is 12.6. The van der Waals surface area contributed by atoms with Crippen molar-refractivity contribution in [3.05, 3.63) is 65.2 Å². The van der Waals surface area contributed by atoms with Crippen molar-refractivity contribution < 1.29 is 4.79 Å². The van der Waals surface area contributed by atoms with E-state index >= 15 is 0 Å². The van der Waals surface area contributed by atoms with Crippen molar-refractivity contribution in [2.24, 2.45) is 24.8 Å². The molecule has 1 amide bonds. The molecule has 4 bridgehead atoms. The van der Waals surface area contributed by atoms with Gasteiger partial charge in [-0.1, -0.05) is 18.2 Å². The van der Waals surface area contributed by atoms with Crippen molar-refractivity contribution >= 4 is 5.91 Å². The minimum absolute atomic E-state index is 0.0267. The summed E-state index contributed by atoms with van der Waals surface area (Å²) in [6.07, 6.45) is 11.5. The zero-order valence-corrected chi connectivity index (χ0v) is 18.9. The number of rotatable bonds is 5. The van der Waals surface area contributed by atoms with Crippen LogP contribution in [0.2, 0.25) is 0 Å². The molecule has 3 aromatic rings. The van der Waals surface area contributed by atoms with Gasteiger partial charge < -0.3 is 5.32 Å². The molecule has 0 aliphatic heterocycles. The van der Waals surface area contributed by atoms with Crippen LogP contribution < -0.4 is 5.32 Å². The molecule has 0 atom stereocenters. The monoisotopic (exact) mass is 429 g/mol. The molecule has 32 heavy (non-hydrogen) atoms. The van der Waals surface area contributed by atoms with E-state index in [0.29, 0.717) is 6.54 Å². The van der Waals surface area contributed by atoms with Crippen LogP contribution in [0, 0.1) is 24.7 Å². The number of nitrogens with one attached hydrogen (secondary N) is 1. The number of para-hydroxylation sites is 1. The molecule has 0 unspecified atom stereocenters. The summed E-state index contributed by atoms with van der Waals surface area (Å²) in [5.74, 6) is 2.38. The normalized spacial score (nSPS) is 28.2. The van der Waals surface area contributed by atoms with E-state index in [1.807, 2.05) is 53.9 Å². The molecule has 4 aliphatic rings. The van der Waals surface area contributed by atoms with Gasteiger partial charge in [0.1, 0.15) is 0 Å². The lowest BCUT2D eigenvalue weighted by Crippen LogP contribution is -2.49. The fraction of sp³-hybridized carbons (Fsp3) is 0.500. The molecule has 166 valence electrons. The summed E-state index contributed by atoms with van der Waals surface area (Å²) < 4.78 is 3.76. The Balaban J connectivity index is 1.36. The number of amides is 1. The summed E-state index contributed by atoms with van der Waals surface area (Å²) >= 11 is 0. The first-order valence-corrected chi connectivity index (χ1v) is 11.9. The number of carbonyl (C=O) groups excluding carboxylic acids is 1. The summed E-state index contributed by atoms with van der Waals surface area (Å²) in [5.41, 5.74) is 4.96. The predicted molar refractivity (Wildman–Crippen MR) is 123 cm³/mol. The lowest BCUT2D eigenvalue weighted by molar-refractivity contribution is -0.00770. The molecule has 6 heteroatoms. The number of aromatic nitrogens is 4. The Hall–Kier alpha value is -2.89. The van der Waals surface area contributed by atoms with Crippen LogP contribution in [0.15, 0.2) is 42.7 Å². The molecule has 0 saturated heterocycles. The second-order valence-corrected chi connectivity index (χ2v) is 10.4. The van der Waals surface area contributed by atoms with Crippen LogP contribution in [-0.4, -0.2) is 25.5 Å². The predicted octanol–water partition coefficient (Wildman–Crippen LogP) is 4.31. The minimum atomic E-state index is -0.0267. The molecule has 4 fully saturated rings. The number of carbonyl (C=O) groups is 1. The van der Waals surface area contributed by atoms with Gasteiger partial charge in [-0.15, -0.1) is 0 Å². The Kier molecular flexibility index (Phi) is 4.52. The first kappa shape index (κ1) is 19.8. The van der Waals surface area contributed by atoms with Crippen LogP contribution in [0.4, 0.5) is 0 Å². The Morgan fingerprint density at radius 2 is 1.75 bits per heavy atom. The average Bonchev–Trinajstić information content (AvgIpc) is 3.37. The number of hydrogen-bond donors (Lipinski definition) is 1. The highest BCUT2D eigenvalue weighted by Gasteiger charge is 2.53. The van der Waals surface area contributed by atoms with E-state index in [1.54, 1.807) is 0 Å². The second kappa shape index (κ2) is 7.32. The fourth-order valence-electron chi connectivity index (χ4n) is 7.03. The second-order valence-electron chi connectivity index (χ2n) is 10.4. The zero-order chi connectivity index (χ0) is 21.9. The minimum Gasteiger partial charge on any atom is -0.348 e. The molecular weight excluding hydrogens is 398 g/mol. The Morgan fingerprint density at radius 3 is 2.34 bits per heavy atom. The van der Waals surface area contributed by atoms with Crippen LogP contribution in [0.5, 0.6) is 0 Å². The van der Waals surface area contributed by atoms with Gasteiger partial charge in [-0.25, -0.2) is 4.68 Å². The van der Waals surface area contributed by atoms with Crippen LogP contribution in [-0.2, 0) is 19.0 Å². The Morgan fingerprint density at radius 1 is 1.09 bits per heavy atom. The fourth-order valence-corrected chi connectivity index (χ4v) is 7.03. The summed E-state index contributed by atoms with van der Waals surface area (Å²) in [7, 11) is 1.93. The van der Waals surface area contributed by atoms with E-state index in [2.05, 4.69) is 22.5 Å². The molecule has 2 aromatic heterocycles. The lowest BCUT2D eigenvalue weighted by Gasteiger charge is -2.56. The van der Waals surface area contributed by atoms with E-state index < -0.39 is 0 Å². The summed E-state index contributed by atoms with van der Waals surface area (Å²) in [4.78, 5) is 13.5. The van der Waals surface area contributed by atoms with E-state index in [1.165, 1.54) is 38.5 Å². The highest BCUT2D eigenvalue weighted by atomic mass is 16.1. The number of nitrogens with zero attached hydrogens (tertiary/aromatic N) is 4. The lowest BCUT2D eigenvalue weighted by atomic mass is 9.48. The summed E-state index contributed by atoms with van der Waals surface area (Å²) in [6, 6.07) is 10.2. The quantitative estimate of drug-likeness (QED) is 0.657. The molecular formula is C26H31N5O. The van der Waals surface area contributed by atoms with Crippen molar-refractivity contribution in [2.75, 3.05) is 0 Å². The molecule has 7 rings (SSSR count). The van der Waals surface area contributed by atoms with Crippen LogP contribution in [0.25, 0.3) is 5.69 Å². The van der Waals surface area contributed by atoms with Gasteiger partial charge in [0.2, 0.25) is 0 Å². The van der Waals surface area contributed by atoms with Crippen LogP contribution in [0.3, 0.4) is 0 Å². The van der Waals surface area contributed by atoms with Gasteiger partial charge in [0.05, 0.1) is 23.1 Å². The van der Waals surface area contributed by atoms with Gasteiger partial charge in [-0.3, -0.25) is 9.48 Å². The maximum atomic E-state index is 13.5. The third-order valence-electron chi connectivity index (χ3n) is 8.30. The van der Waals surface area contributed by atoms with Crippen molar-refractivity contribution in [1.82, 2.24) is 24.9 Å². The topological polar surface area (TPSA) is 64.7 Å². The largest absolute Gasteiger partial charge is 0.348 e. The molecule has 2 heterocycles. The van der Waals surface area contributed by atoms with Crippen molar-refractivity contribution in [3.8, 4) is 5.69 Å². The third kappa shape index (κ3) is 3.19. The summed E-state index contributed by atoms with van der Waals surface area (Å²) in [6.45, 7) is 2.51. The zero-order valence-electron chi connectivity index (χ0n) is 18.9. The molecule has 0 spiro atoms. The Labute approximate surface area is 189 Å². The van der Waals surface area contributed by atoms with Gasteiger partial charge in [0.25, 0.3) is 5.91 Å². The van der Waals surface area contributed by atoms with Gasteiger partial charge in [0, 0.05) is 36.5 Å². The molecule has 1 N–H and O–H groups in total. The number of aryl methyl sites for hydroxylation is 1. The van der Waals surface area contributed by atoms with Crippen molar-refractivity contribution in [1.29, 1.82) is 0 Å². The first-order valence-electron chi connectivity index (χ1n) is 11.9. The average molecular weight is 430 g/mol. The SMILES string of the molecule is Cc1c(CNC(=O)c2cn(-c3ccccc3)nc2C23CC4CC(CC(C4)C2)C3)cnn1C. The van der Waals surface area contributed by atoms with Crippen molar-refractivity contribution in [3.63, 3.8) is 0 Å². The maximum absolute atomic E-state index is 13.5. The van der Waals surface area contributed by atoms with Crippen molar-refractivity contribution in [2.45, 2.75) is 57.4 Å². The van der Waals surface area contributed by atoms with Crippen LogP contribution >= 0.6 is 0 Å². The van der Waals surface area contributed by atoms with E-state index in [-0.39, 0.29) is 11.3 Å². The Bertz CT molecular complexity index is 1120. The molecule has 6 nitrogen and oxygen atoms in total. The van der Waals surface area contributed by atoms with Gasteiger partial charge in [0.15, 0.2) is 0 Å². The first-order chi connectivity index (χ1) is 15.5. The van der Waals surface area contributed by atoms with Gasteiger partial charge >= 0.3 is 0 Å². The van der Waals surface area contributed by atoms with Gasteiger partial charge in [-0.2, -0.15) is 10.2 Å². The highest BCUT2D eigenvalue weighted by molar-refractivity contribution is 5.95. The smallest absolute Gasteiger partial charge is 0.255 e. The van der Waals surface area contributed by atoms with E-state index in [9.17, 15) is 4.79 Å². The number of hydrogen-bond acceptors (Lipinski definition) is 3. The molecule has 4 aliphatic carbocycles. The van der Waals surface area contributed by atoms with Gasteiger partial charge in [-0.05, 0) is 75.3 Å².